The van der Waals surface area contributed by atoms with E-state index < -0.39 is 11.9 Å². The molecule has 1 aromatic heterocycles. The molecule has 1 atom stereocenters. The number of carbonyl (C=O) groups is 3. The highest BCUT2D eigenvalue weighted by Crippen LogP contribution is 2.15. The van der Waals surface area contributed by atoms with Gasteiger partial charge in [-0.05, 0) is 19.3 Å². The summed E-state index contributed by atoms with van der Waals surface area (Å²) < 4.78 is 0. The van der Waals surface area contributed by atoms with Crippen LogP contribution in [0.5, 0.6) is 0 Å². The first-order valence-electron chi connectivity index (χ1n) is 14.2. The molecule has 0 bridgehead atoms. The Labute approximate surface area is 220 Å². The van der Waals surface area contributed by atoms with Gasteiger partial charge in [0.2, 0.25) is 0 Å². The number of carboxylic acid groups (broad SMARTS) is 1. The Morgan fingerprint density at radius 2 is 1.22 bits per heavy atom. The molecule has 0 saturated carbocycles. The summed E-state index contributed by atoms with van der Waals surface area (Å²) in [5.74, 6) is -2.00. The van der Waals surface area contributed by atoms with Crippen LogP contribution in [0.1, 0.15) is 148 Å². The van der Waals surface area contributed by atoms with Crippen LogP contribution in [0.15, 0.2) is 12.5 Å². The number of Topliss-reactive ketones (excluding diaryl/α,β-unsaturated/α-hetero) is 2. The molecule has 0 fully saturated rings. The van der Waals surface area contributed by atoms with Crippen molar-refractivity contribution in [1.29, 1.82) is 0 Å². The monoisotopic (exact) mass is 505 g/mol. The molecule has 1 rings (SSSR count). The molecule has 36 heavy (non-hydrogen) atoms. The predicted octanol–water partition coefficient (Wildman–Crippen LogP) is 6.91. The van der Waals surface area contributed by atoms with Gasteiger partial charge < -0.3 is 14.9 Å². The van der Waals surface area contributed by atoms with Gasteiger partial charge in [-0.2, -0.15) is 0 Å². The molecular formula is C30H53N2O4-. The van der Waals surface area contributed by atoms with Crippen LogP contribution in [0, 0.1) is 5.92 Å². The summed E-state index contributed by atoms with van der Waals surface area (Å²) in [6.45, 7) is 2.26. The zero-order valence-electron chi connectivity index (χ0n) is 22.2. The maximum atomic E-state index is 12.1. The van der Waals surface area contributed by atoms with E-state index in [2.05, 4.69) is 16.9 Å². The largest absolute Gasteiger partial charge is 0.550 e. The maximum Gasteiger partial charge on any atom is 0.133 e. The van der Waals surface area contributed by atoms with Gasteiger partial charge in [0.1, 0.15) is 11.6 Å². The first-order valence-corrected chi connectivity index (χ1v) is 14.2. The van der Waals surface area contributed by atoms with Crippen molar-refractivity contribution in [2.24, 2.45) is 5.92 Å². The predicted molar refractivity (Wildman–Crippen MR) is 146 cm³/mol. The number of imidazole rings is 1. The number of aromatic nitrogens is 2. The number of aromatic amines is 1. The molecule has 6 heteroatoms. The van der Waals surface area contributed by atoms with Crippen LogP contribution in [0.2, 0.25) is 0 Å². The summed E-state index contributed by atoms with van der Waals surface area (Å²) in [6, 6.07) is 0. The number of unbranched alkanes of at least 4 members (excludes halogenated alkanes) is 14. The quantitative estimate of drug-likeness (QED) is 0.145. The first kappa shape index (κ1) is 34.0. The van der Waals surface area contributed by atoms with Crippen LogP contribution in [0.4, 0.5) is 0 Å². The van der Waals surface area contributed by atoms with Crippen molar-refractivity contribution in [2.45, 2.75) is 149 Å². The van der Waals surface area contributed by atoms with Crippen LogP contribution in [-0.4, -0.2) is 27.5 Å². The van der Waals surface area contributed by atoms with Crippen LogP contribution in [-0.2, 0) is 20.8 Å². The Morgan fingerprint density at radius 1 is 0.750 bits per heavy atom. The highest BCUT2D eigenvalue weighted by Gasteiger charge is 2.17. The minimum absolute atomic E-state index is 0. The number of nitrogens with one attached hydrogen (secondary N) is 1. The van der Waals surface area contributed by atoms with Crippen molar-refractivity contribution in [3.63, 3.8) is 0 Å². The summed E-state index contributed by atoms with van der Waals surface area (Å²) >= 11 is 0. The number of carboxylic acids is 1. The molecule has 0 aliphatic rings. The average molecular weight is 506 g/mol. The van der Waals surface area contributed by atoms with E-state index in [9.17, 15) is 19.5 Å². The van der Waals surface area contributed by atoms with E-state index in [1.165, 1.54) is 89.8 Å². The third kappa shape index (κ3) is 19.2. The molecule has 208 valence electrons. The van der Waals surface area contributed by atoms with Gasteiger partial charge in [-0.15, -0.1) is 0 Å². The molecular weight excluding hydrogens is 452 g/mol. The smallest absolute Gasteiger partial charge is 0.133 e. The van der Waals surface area contributed by atoms with Gasteiger partial charge in [-0.3, -0.25) is 9.59 Å². The van der Waals surface area contributed by atoms with Gasteiger partial charge in [-0.1, -0.05) is 104 Å². The van der Waals surface area contributed by atoms with Crippen molar-refractivity contribution >= 4 is 17.5 Å². The van der Waals surface area contributed by atoms with Crippen molar-refractivity contribution in [3.8, 4) is 0 Å². The fourth-order valence-electron chi connectivity index (χ4n) is 4.58. The Balaban J connectivity index is 0.0000122. The normalized spacial score (nSPS) is 11.7. The lowest BCUT2D eigenvalue weighted by molar-refractivity contribution is -0.311. The molecule has 1 heterocycles. The van der Waals surface area contributed by atoms with Gasteiger partial charge in [0.15, 0.2) is 0 Å². The number of aliphatic carboxylic acids is 1. The number of nitrogens with zero attached hydrogens (tertiary/aromatic N) is 1. The third-order valence-electron chi connectivity index (χ3n) is 6.80. The van der Waals surface area contributed by atoms with E-state index in [1.807, 2.05) is 0 Å². The molecule has 0 radical (unpaired) electrons. The Morgan fingerprint density at radius 3 is 1.69 bits per heavy atom. The number of carbonyl (C=O) groups excluding carboxylic acids is 3. The molecule has 0 amide bonds. The van der Waals surface area contributed by atoms with Crippen molar-refractivity contribution in [3.05, 3.63) is 18.2 Å². The lowest BCUT2D eigenvalue weighted by atomic mass is 9.95. The second kappa shape index (κ2) is 23.4. The van der Waals surface area contributed by atoms with Crippen LogP contribution >= 0.6 is 0 Å². The van der Waals surface area contributed by atoms with E-state index in [0.717, 1.165) is 12.8 Å². The minimum atomic E-state index is -1.22. The van der Waals surface area contributed by atoms with Gasteiger partial charge in [0.05, 0.1) is 6.33 Å². The second-order valence-electron chi connectivity index (χ2n) is 10.1. The van der Waals surface area contributed by atoms with Crippen molar-refractivity contribution in [2.75, 3.05) is 0 Å². The summed E-state index contributed by atoms with van der Waals surface area (Å²) in [5, 5.41) is 11.3. The van der Waals surface area contributed by atoms with Gasteiger partial charge in [0.25, 0.3) is 0 Å². The molecule has 1 aromatic rings. The lowest BCUT2D eigenvalue weighted by Crippen LogP contribution is -2.34. The second-order valence-corrected chi connectivity index (χ2v) is 10.1. The summed E-state index contributed by atoms with van der Waals surface area (Å²) in [7, 11) is 0. The number of rotatable bonds is 25. The Hall–Kier alpha value is -1.98. The Kier molecular flexibility index (Phi) is 22.1. The highest BCUT2D eigenvalue weighted by molar-refractivity contribution is 5.84. The van der Waals surface area contributed by atoms with E-state index in [4.69, 9.17) is 0 Å². The van der Waals surface area contributed by atoms with Crippen LogP contribution < -0.4 is 5.11 Å². The third-order valence-corrected chi connectivity index (χ3v) is 6.80. The number of hydrogen-bond acceptors (Lipinski definition) is 5. The van der Waals surface area contributed by atoms with E-state index in [0.29, 0.717) is 25.0 Å². The maximum absolute atomic E-state index is 12.1. The van der Waals surface area contributed by atoms with E-state index in [-0.39, 0.29) is 38.3 Å². The average Bonchev–Trinajstić information content (AvgIpc) is 3.34. The molecule has 1 unspecified atom stereocenters. The van der Waals surface area contributed by atoms with E-state index >= 15 is 0 Å². The summed E-state index contributed by atoms with van der Waals surface area (Å²) in [4.78, 5) is 42.2. The topological polar surface area (TPSA) is 103 Å². The highest BCUT2D eigenvalue weighted by atomic mass is 16.4. The zero-order chi connectivity index (χ0) is 25.6. The fraction of sp³-hybridized carbons (Fsp3) is 0.800. The molecule has 0 aromatic carbocycles. The van der Waals surface area contributed by atoms with Gasteiger partial charge >= 0.3 is 0 Å². The fourth-order valence-corrected chi connectivity index (χ4v) is 4.58. The number of hydrogen-bond donors (Lipinski definition) is 1. The molecule has 1 N–H and O–H groups in total. The molecule has 0 spiro atoms. The number of H-pyrrole nitrogens is 1. The van der Waals surface area contributed by atoms with Gasteiger partial charge in [-0.25, -0.2) is 4.98 Å². The molecule has 0 aliphatic heterocycles. The zero-order valence-corrected chi connectivity index (χ0v) is 22.2. The lowest BCUT2D eigenvalue weighted by Gasteiger charge is -2.16. The molecule has 6 nitrogen and oxygen atoms in total. The minimum Gasteiger partial charge on any atom is -0.550 e. The molecule has 0 saturated heterocycles. The molecule has 0 aliphatic carbocycles. The SMILES string of the molecule is C.CCCCCCCCCCCCCCCCCC(=O)CCCC(=O)CC(Cc1cnc[nH]1)C(=O)[O-]. The van der Waals surface area contributed by atoms with Crippen molar-refractivity contribution in [1.82, 2.24) is 9.97 Å². The van der Waals surface area contributed by atoms with Crippen LogP contribution in [0.3, 0.4) is 0 Å². The Bertz CT molecular complexity index is 672. The summed E-state index contributed by atoms with van der Waals surface area (Å²) in [5.41, 5.74) is 0.672. The number of ketones is 2. The van der Waals surface area contributed by atoms with Crippen LogP contribution in [0.25, 0.3) is 0 Å². The standard InChI is InChI=1S/C29H50N2O4.CH4/c1-2-3-4-5-6-7-8-9-10-11-12-13-14-15-16-18-27(32)19-17-20-28(33)22-25(29(34)35)21-26-23-30-24-31-26;/h23-25H,2-22H2,1H3,(H,30,31)(H,34,35);1H4/p-1. The van der Waals surface area contributed by atoms with E-state index in [1.54, 1.807) is 6.20 Å². The van der Waals surface area contributed by atoms with Crippen molar-refractivity contribution < 1.29 is 19.5 Å². The van der Waals surface area contributed by atoms with Gasteiger partial charge in [0, 0.05) is 49.5 Å². The first-order chi connectivity index (χ1) is 17.0. The summed E-state index contributed by atoms with van der Waals surface area (Å²) in [6.07, 6.45) is 24.5.